The zero-order valence-electron chi connectivity index (χ0n) is 22.3. The first kappa shape index (κ1) is 26.4. The van der Waals surface area contributed by atoms with Crippen molar-refractivity contribution in [2.75, 3.05) is 45.6 Å². The van der Waals surface area contributed by atoms with Gasteiger partial charge in [-0.2, -0.15) is 5.26 Å². The maximum Gasteiger partial charge on any atom is 0.211 e. The summed E-state index contributed by atoms with van der Waals surface area (Å²) >= 11 is 0. The molecule has 0 radical (unpaired) electrons. The second kappa shape index (κ2) is 11.0. The van der Waals surface area contributed by atoms with Crippen LogP contribution >= 0.6 is 0 Å². The van der Waals surface area contributed by atoms with Crippen molar-refractivity contribution in [1.82, 2.24) is 29.1 Å². The van der Waals surface area contributed by atoms with Crippen LogP contribution < -0.4 is 4.74 Å². The number of ether oxygens (including phenoxy) is 2. The quantitative estimate of drug-likeness (QED) is 0.481. The normalized spacial score (nSPS) is 20.9. The molecule has 0 bridgehead atoms. The van der Waals surface area contributed by atoms with Crippen molar-refractivity contribution in [1.29, 1.82) is 5.26 Å². The maximum absolute atomic E-state index is 11.8. The van der Waals surface area contributed by atoms with Gasteiger partial charge in [0.25, 0.3) is 0 Å². The number of morpholine rings is 1. The summed E-state index contributed by atoms with van der Waals surface area (Å²) in [6, 6.07) is 7.64. The summed E-state index contributed by atoms with van der Waals surface area (Å²) in [7, 11) is -3.21. The number of H-pyrrole nitrogens is 1. The number of benzene rings is 1. The minimum atomic E-state index is -3.21. The Morgan fingerprint density at radius 1 is 1.15 bits per heavy atom. The van der Waals surface area contributed by atoms with E-state index in [1.807, 2.05) is 6.07 Å². The van der Waals surface area contributed by atoms with Gasteiger partial charge in [0.15, 0.2) is 5.65 Å². The van der Waals surface area contributed by atoms with E-state index in [0.717, 1.165) is 44.1 Å². The highest BCUT2D eigenvalue weighted by Crippen LogP contribution is 2.33. The number of imidazole rings is 1. The molecule has 1 aromatic carbocycles. The van der Waals surface area contributed by atoms with Gasteiger partial charge < -0.3 is 19.4 Å². The number of aromatic amines is 1. The monoisotopic (exact) mass is 561 g/mol. The first-order valence-electron chi connectivity index (χ1n) is 13.5. The molecule has 2 saturated heterocycles. The molecule has 1 aliphatic carbocycles. The summed E-state index contributed by atoms with van der Waals surface area (Å²) in [5.41, 5.74) is 4.30. The fourth-order valence-corrected chi connectivity index (χ4v) is 6.30. The summed E-state index contributed by atoms with van der Waals surface area (Å²) in [5.74, 6) is 1.41. The Bertz CT molecular complexity index is 1610. The van der Waals surface area contributed by atoms with Crippen molar-refractivity contribution in [3.63, 3.8) is 0 Å². The van der Waals surface area contributed by atoms with Crippen LogP contribution in [-0.4, -0.2) is 89.3 Å². The van der Waals surface area contributed by atoms with Crippen LogP contribution in [0.15, 0.2) is 48.5 Å². The van der Waals surface area contributed by atoms with Crippen molar-refractivity contribution in [3.05, 3.63) is 59.8 Å². The lowest BCUT2D eigenvalue weighted by Crippen LogP contribution is -2.41. The molecular weight excluding hydrogens is 530 g/mol. The first-order valence-corrected chi connectivity index (χ1v) is 15.3. The number of nitrogens with zero attached hydrogens (tertiary/aromatic N) is 6. The highest BCUT2D eigenvalue weighted by Gasteiger charge is 2.27. The van der Waals surface area contributed by atoms with Crippen LogP contribution in [0, 0.1) is 11.3 Å². The molecule has 208 valence electrons. The zero-order chi connectivity index (χ0) is 27.7. The Labute approximate surface area is 233 Å². The van der Waals surface area contributed by atoms with Gasteiger partial charge in [-0.15, -0.1) is 0 Å². The summed E-state index contributed by atoms with van der Waals surface area (Å²) in [6.07, 6.45) is 11.1. The number of hydrogen-bond acceptors (Lipinski definition) is 9. The van der Waals surface area contributed by atoms with Crippen LogP contribution in [0.1, 0.15) is 36.6 Å². The average Bonchev–Trinajstić information content (AvgIpc) is 3.42. The molecule has 2 aliphatic heterocycles. The Hall–Kier alpha value is -3.79. The Morgan fingerprint density at radius 2 is 1.95 bits per heavy atom. The maximum atomic E-state index is 11.8. The lowest BCUT2D eigenvalue weighted by molar-refractivity contribution is 0.0551. The smallest absolute Gasteiger partial charge is 0.211 e. The lowest BCUT2D eigenvalue weighted by atomic mass is 9.98. The number of nitrogens with one attached hydrogen (secondary N) is 1. The van der Waals surface area contributed by atoms with E-state index in [4.69, 9.17) is 14.5 Å². The standard InChI is InChI=1S/C28H31N7O4S/c1-40(36,37)35-10-8-23(9-11-35)39-24-7-4-20(16-21(24)17-29)25-26-28(31-18-30-25)33-27(32-26)19-2-5-22(6-3-19)34-12-14-38-15-13-34/h2,4-7,16,18-19,23H,3,8-15H2,1H3,(H,30,31,32,33). The molecule has 0 amide bonds. The molecule has 12 heteroatoms. The third-order valence-electron chi connectivity index (χ3n) is 7.65. The molecule has 1 N–H and O–H groups in total. The molecule has 2 fully saturated rings. The fraction of sp³-hybridized carbons (Fsp3) is 0.429. The van der Waals surface area contributed by atoms with Crippen molar-refractivity contribution in [3.8, 4) is 23.1 Å². The van der Waals surface area contributed by atoms with Gasteiger partial charge in [-0.05, 0) is 43.5 Å². The highest BCUT2D eigenvalue weighted by molar-refractivity contribution is 7.88. The molecule has 11 nitrogen and oxygen atoms in total. The zero-order valence-corrected chi connectivity index (χ0v) is 23.1. The number of nitriles is 1. The SMILES string of the molecule is CS(=O)(=O)N1CCC(Oc2ccc(-c3ncnc4[nH]c(C5C=CC(N6CCOCC6)=CC5)nc34)cc2C#N)CC1. The molecule has 3 aliphatic rings. The molecular formula is C28H31N7O4S. The number of aromatic nitrogens is 4. The van der Waals surface area contributed by atoms with Crippen LogP contribution in [0.25, 0.3) is 22.4 Å². The Morgan fingerprint density at radius 3 is 2.65 bits per heavy atom. The number of sulfonamides is 1. The van der Waals surface area contributed by atoms with Crippen LogP contribution in [0.4, 0.5) is 0 Å². The van der Waals surface area contributed by atoms with E-state index in [2.05, 4.69) is 44.1 Å². The number of allylic oxidation sites excluding steroid dienone is 3. The van der Waals surface area contributed by atoms with Gasteiger partial charge in [0.1, 0.15) is 41.3 Å². The van der Waals surface area contributed by atoms with E-state index in [0.29, 0.717) is 54.1 Å². The van der Waals surface area contributed by atoms with Gasteiger partial charge in [0.2, 0.25) is 10.0 Å². The lowest BCUT2D eigenvalue weighted by Gasteiger charge is -2.31. The molecule has 40 heavy (non-hydrogen) atoms. The number of hydrogen-bond donors (Lipinski definition) is 1. The largest absolute Gasteiger partial charge is 0.489 e. The van der Waals surface area contributed by atoms with Crippen molar-refractivity contribution in [2.45, 2.75) is 31.3 Å². The molecule has 0 saturated carbocycles. The molecule has 6 rings (SSSR count). The number of rotatable bonds is 6. The van der Waals surface area contributed by atoms with Crippen LogP contribution in [-0.2, 0) is 14.8 Å². The second-order valence-electron chi connectivity index (χ2n) is 10.3. The highest BCUT2D eigenvalue weighted by atomic mass is 32.2. The van der Waals surface area contributed by atoms with E-state index in [1.54, 1.807) is 12.1 Å². The minimum absolute atomic E-state index is 0.103. The third kappa shape index (κ3) is 5.45. The summed E-state index contributed by atoms with van der Waals surface area (Å²) in [5, 5.41) is 9.88. The van der Waals surface area contributed by atoms with Gasteiger partial charge in [-0.25, -0.2) is 27.7 Å². The van der Waals surface area contributed by atoms with Crippen molar-refractivity contribution in [2.24, 2.45) is 0 Å². The van der Waals surface area contributed by atoms with Crippen LogP contribution in [0.3, 0.4) is 0 Å². The van der Waals surface area contributed by atoms with Crippen LogP contribution in [0.2, 0.25) is 0 Å². The van der Waals surface area contributed by atoms with E-state index in [-0.39, 0.29) is 12.0 Å². The van der Waals surface area contributed by atoms with Crippen molar-refractivity contribution < 1.29 is 17.9 Å². The van der Waals surface area contributed by atoms with E-state index >= 15 is 0 Å². The molecule has 2 aromatic heterocycles. The molecule has 3 aromatic rings. The molecule has 1 atom stereocenters. The second-order valence-corrected chi connectivity index (χ2v) is 12.3. The Kier molecular flexibility index (Phi) is 7.27. The van der Waals surface area contributed by atoms with E-state index < -0.39 is 10.0 Å². The van der Waals surface area contributed by atoms with Gasteiger partial charge in [-0.3, -0.25) is 0 Å². The van der Waals surface area contributed by atoms with Gasteiger partial charge in [-0.1, -0.05) is 12.2 Å². The van der Waals surface area contributed by atoms with Gasteiger partial charge in [0, 0.05) is 43.4 Å². The van der Waals surface area contributed by atoms with E-state index in [1.165, 1.54) is 22.6 Å². The predicted molar refractivity (Wildman–Crippen MR) is 149 cm³/mol. The third-order valence-corrected chi connectivity index (χ3v) is 8.95. The summed E-state index contributed by atoms with van der Waals surface area (Å²) < 4.78 is 36.6. The Balaban J connectivity index is 1.19. The van der Waals surface area contributed by atoms with E-state index in [9.17, 15) is 13.7 Å². The van der Waals surface area contributed by atoms with Gasteiger partial charge in [0.05, 0.1) is 25.0 Å². The molecule has 0 spiro atoms. The van der Waals surface area contributed by atoms with Crippen molar-refractivity contribution >= 4 is 21.2 Å². The molecule has 1 unspecified atom stereocenters. The topological polar surface area (TPSA) is 137 Å². The fourth-order valence-electron chi connectivity index (χ4n) is 5.43. The van der Waals surface area contributed by atoms with Gasteiger partial charge >= 0.3 is 0 Å². The number of piperidine rings is 1. The van der Waals surface area contributed by atoms with Crippen LogP contribution in [0.5, 0.6) is 5.75 Å². The summed E-state index contributed by atoms with van der Waals surface area (Å²) in [4.78, 5) is 19.5. The molecule has 4 heterocycles. The number of fused-ring (bicyclic) bond motifs is 1. The minimum Gasteiger partial charge on any atom is -0.489 e. The first-order chi connectivity index (χ1) is 19.4. The average molecular weight is 562 g/mol. The predicted octanol–water partition coefficient (Wildman–Crippen LogP) is 2.95. The summed E-state index contributed by atoms with van der Waals surface area (Å²) in [6.45, 7) is 4.13.